The lowest BCUT2D eigenvalue weighted by Crippen LogP contribution is -2.57. The van der Waals surface area contributed by atoms with Crippen LogP contribution in [0, 0.1) is 11.3 Å². The van der Waals surface area contributed by atoms with E-state index in [2.05, 4.69) is 18.7 Å². The van der Waals surface area contributed by atoms with E-state index in [9.17, 15) is 22.8 Å². The second kappa shape index (κ2) is 12.2. The molecule has 3 rings (SSSR count). The summed E-state index contributed by atoms with van der Waals surface area (Å²) in [5.74, 6) is -0.264. The number of hydrogen-bond donors (Lipinski definition) is 0. The summed E-state index contributed by atoms with van der Waals surface area (Å²) >= 11 is 5.56. The molecule has 2 aliphatic rings. The molecule has 11 heteroatoms. The number of nitrogens with zero attached hydrogens (tertiary/aromatic N) is 5. The number of hydrogen-bond acceptors (Lipinski definition) is 5. The fraction of sp³-hybridized carbons (Fsp3) is 0.643. The first-order valence-corrected chi connectivity index (χ1v) is 13.9. The van der Waals surface area contributed by atoms with Crippen molar-refractivity contribution >= 4 is 34.8 Å². The number of piperazine rings is 1. The standard InChI is InChI=1S/C28H38F3N5O2S/c1-19-17-33(21(3)37)18-20(2)34(19)13-9-7-6-8-10-14-35-26(39)36(25(38)27(35,4)5)23-12-11-22(16-32)24(15-23)28(29,30)31/h11-12,15,19-20H,6-10,13-14,17-18H2,1-5H3. The molecule has 0 spiro atoms. The number of carbonyl (C=O) groups excluding carboxylic acids is 2. The average Bonchev–Trinajstić information content (AvgIpc) is 3.02. The monoisotopic (exact) mass is 565 g/mol. The van der Waals surface area contributed by atoms with Gasteiger partial charge in [0.05, 0.1) is 22.9 Å². The first-order valence-electron chi connectivity index (χ1n) is 13.5. The van der Waals surface area contributed by atoms with Gasteiger partial charge in [-0.05, 0) is 77.5 Å². The van der Waals surface area contributed by atoms with E-state index in [1.165, 1.54) is 6.07 Å². The van der Waals surface area contributed by atoms with Crippen molar-refractivity contribution in [2.45, 2.75) is 90.5 Å². The zero-order valence-corrected chi connectivity index (χ0v) is 24.2. The smallest absolute Gasteiger partial charge is 0.340 e. The number of carbonyl (C=O) groups is 2. The molecule has 2 unspecified atom stereocenters. The summed E-state index contributed by atoms with van der Waals surface area (Å²) in [6, 6.07) is 5.46. The quantitative estimate of drug-likeness (QED) is 0.304. The SMILES string of the molecule is CC(=O)N1CC(C)N(CCCCCCCN2C(=S)N(c3ccc(C#N)c(C(F)(F)F)c3)C(=O)C2(C)C)C(C)C1. The molecule has 2 saturated heterocycles. The minimum atomic E-state index is -4.72. The highest BCUT2D eigenvalue weighted by atomic mass is 32.1. The van der Waals surface area contributed by atoms with Gasteiger partial charge in [0.2, 0.25) is 5.91 Å². The Labute approximate surface area is 234 Å². The molecule has 214 valence electrons. The summed E-state index contributed by atoms with van der Waals surface area (Å²) in [6.07, 6.45) is 0.183. The molecule has 0 bridgehead atoms. The molecule has 0 aromatic heterocycles. The molecule has 1 aromatic rings. The molecule has 1 aromatic carbocycles. The average molecular weight is 566 g/mol. The number of benzene rings is 1. The fourth-order valence-corrected chi connectivity index (χ4v) is 6.10. The Hall–Kier alpha value is -2.71. The maximum absolute atomic E-state index is 13.5. The number of anilines is 1. The molecule has 0 saturated carbocycles. The normalized spacial score (nSPS) is 22.0. The van der Waals surface area contributed by atoms with Gasteiger partial charge in [0.1, 0.15) is 5.54 Å². The third kappa shape index (κ3) is 6.72. The van der Waals surface area contributed by atoms with E-state index in [4.69, 9.17) is 17.5 Å². The summed E-state index contributed by atoms with van der Waals surface area (Å²) in [5, 5.41) is 9.26. The van der Waals surface area contributed by atoms with Crippen molar-refractivity contribution in [3.8, 4) is 6.07 Å². The predicted molar refractivity (Wildman–Crippen MR) is 148 cm³/mol. The van der Waals surface area contributed by atoms with Gasteiger partial charge in [-0.1, -0.05) is 19.3 Å². The second-order valence-corrected chi connectivity index (χ2v) is 11.5. The van der Waals surface area contributed by atoms with Gasteiger partial charge in [-0.25, -0.2) is 0 Å². The number of unbranched alkanes of at least 4 members (excludes halogenated alkanes) is 4. The summed E-state index contributed by atoms with van der Waals surface area (Å²) in [5.41, 5.74) is -2.56. The third-order valence-electron chi connectivity index (χ3n) is 7.86. The number of amides is 2. The van der Waals surface area contributed by atoms with Gasteiger partial charge < -0.3 is 9.80 Å². The first kappa shape index (κ1) is 30.8. The van der Waals surface area contributed by atoms with E-state index in [0.29, 0.717) is 18.6 Å². The van der Waals surface area contributed by atoms with Gasteiger partial charge in [0.15, 0.2) is 5.11 Å². The van der Waals surface area contributed by atoms with Crippen LogP contribution in [0.3, 0.4) is 0 Å². The number of halogens is 3. The molecule has 2 aliphatic heterocycles. The van der Waals surface area contributed by atoms with Crippen LogP contribution in [0.2, 0.25) is 0 Å². The maximum Gasteiger partial charge on any atom is 0.417 e. The van der Waals surface area contributed by atoms with Crippen molar-refractivity contribution in [2.75, 3.05) is 31.1 Å². The molecule has 2 amide bonds. The molecule has 7 nitrogen and oxygen atoms in total. The van der Waals surface area contributed by atoms with Gasteiger partial charge in [0.25, 0.3) is 5.91 Å². The maximum atomic E-state index is 13.5. The van der Waals surface area contributed by atoms with Gasteiger partial charge in [-0.2, -0.15) is 18.4 Å². The second-order valence-electron chi connectivity index (χ2n) is 11.1. The number of nitriles is 1. The van der Waals surface area contributed by atoms with Crippen LogP contribution in [0.5, 0.6) is 0 Å². The highest BCUT2D eigenvalue weighted by molar-refractivity contribution is 7.80. The summed E-state index contributed by atoms with van der Waals surface area (Å²) < 4.78 is 40.5. The number of alkyl halides is 3. The van der Waals surface area contributed by atoms with Crippen LogP contribution < -0.4 is 4.90 Å². The zero-order valence-electron chi connectivity index (χ0n) is 23.3. The first-order chi connectivity index (χ1) is 18.2. The van der Waals surface area contributed by atoms with Crippen LogP contribution in [-0.4, -0.2) is 75.4 Å². The van der Waals surface area contributed by atoms with Gasteiger partial charge >= 0.3 is 6.18 Å². The molecule has 0 radical (unpaired) electrons. The van der Waals surface area contributed by atoms with Gasteiger partial charge in [-0.3, -0.25) is 19.4 Å². The highest BCUT2D eigenvalue weighted by Crippen LogP contribution is 2.38. The molecule has 2 atom stereocenters. The zero-order chi connectivity index (χ0) is 29.1. The molecule has 0 aliphatic carbocycles. The molecule has 0 N–H and O–H groups in total. The molecule has 2 fully saturated rings. The Bertz CT molecular complexity index is 1120. The Morgan fingerprint density at radius 2 is 1.64 bits per heavy atom. The van der Waals surface area contributed by atoms with Crippen LogP contribution >= 0.6 is 12.2 Å². The highest BCUT2D eigenvalue weighted by Gasteiger charge is 2.49. The van der Waals surface area contributed by atoms with Crippen LogP contribution in [0.15, 0.2) is 18.2 Å². The van der Waals surface area contributed by atoms with E-state index >= 15 is 0 Å². The predicted octanol–water partition coefficient (Wildman–Crippen LogP) is 5.18. The molecular weight excluding hydrogens is 527 g/mol. The Balaban J connectivity index is 1.51. The van der Waals surface area contributed by atoms with E-state index in [1.807, 2.05) is 4.90 Å². The van der Waals surface area contributed by atoms with Gasteiger partial charge in [0, 0.05) is 38.6 Å². The minimum Gasteiger partial charge on any atom is -0.340 e. The van der Waals surface area contributed by atoms with E-state index < -0.39 is 28.7 Å². The lowest BCUT2D eigenvalue weighted by atomic mass is 10.0. The summed E-state index contributed by atoms with van der Waals surface area (Å²) in [4.78, 5) is 32.3. The summed E-state index contributed by atoms with van der Waals surface area (Å²) in [7, 11) is 0. The molecule has 39 heavy (non-hydrogen) atoms. The lowest BCUT2D eigenvalue weighted by molar-refractivity contribution is -0.138. The van der Waals surface area contributed by atoms with Crippen molar-refractivity contribution in [3.05, 3.63) is 29.3 Å². The Morgan fingerprint density at radius 1 is 1.08 bits per heavy atom. The number of rotatable bonds is 9. The topological polar surface area (TPSA) is 70.9 Å². The Kier molecular flexibility index (Phi) is 9.65. The van der Waals surface area contributed by atoms with Gasteiger partial charge in [-0.15, -0.1) is 0 Å². The van der Waals surface area contributed by atoms with E-state index in [0.717, 1.165) is 68.8 Å². The minimum absolute atomic E-state index is 0.0134. The van der Waals surface area contributed by atoms with Crippen molar-refractivity contribution in [3.63, 3.8) is 0 Å². The van der Waals surface area contributed by atoms with Crippen molar-refractivity contribution in [2.24, 2.45) is 0 Å². The van der Waals surface area contributed by atoms with Crippen molar-refractivity contribution < 1.29 is 22.8 Å². The van der Waals surface area contributed by atoms with Crippen molar-refractivity contribution in [1.29, 1.82) is 5.26 Å². The largest absolute Gasteiger partial charge is 0.417 e. The number of thiocarbonyl (C=S) groups is 1. The van der Waals surface area contributed by atoms with Crippen LogP contribution in [0.25, 0.3) is 0 Å². The fourth-order valence-electron chi connectivity index (χ4n) is 5.59. The third-order valence-corrected chi connectivity index (χ3v) is 8.26. The lowest BCUT2D eigenvalue weighted by Gasteiger charge is -2.44. The van der Waals surface area contributed by atoms with Crippen LogP contribution in [0.1, 0.15) is 77.8 Å². The molecule has 2 heterocycles. The van der Waals surface area contributed by atoms with Crippen LogP contribution in [0.4, 0.5) is 18.9 Å². The van der Waals surface area contributed by atoms with Crippen molar-refractivity contribution in [1.82, 2.24) is 14.7 Å². The molecular formula is C28H38F3N5O2S. The summed E-state index contributed by atoms with van der Waals surface area (Å²) in [6.45, 7) is 12.4. The Morgan fingerprint density at radius 3 is 2.18 bits per heavy atom. The van der Waals surface area contributed by atoms with E-state index in [-0.39, 0.29) is 16.7 Å². The van der Waals surface area contributed by atoms with Crippen LogP contribution in [-0.2, 0) is 15.8 Å². The van der Waals surface area contributed by atoms with E-state index in [1.54, 1.807) is 31.7 Å².